The number of aromatic nitrogens is 4. The highest BCUT2D eigenvalue weighted by Gasteiger charge is 2.32. The maximum Gasteiger partial charge on any atom is 0.416 e. The lowest BCUT2D eigenvalue weighted by molar-refractivity contribution is -0.137. The summed E-state index contributed by atoms with van der Waals surface area (Å²) >= 11 is 0. The third-order valence-electron chi connectivity index (χ3n) is 5.23. The van der Waals surface area contributed by atoms with Crippen molar-refractivity contribution in [3.05, 3.63) is 41.6 Å². The van der Waals surface area contributed by atoms with E-state index in [1.54, 1.807) is 10.6 Å². The molecule has 8 heteroatoms. The SMILES string of the molecule is FC(F)(F)c1cccc(-c2nc(N3CCCC3)n3ncc(C4CC4)c3n2)c1. The molecule has 140 valence electrons. The van der Waals surface area contributed by atoms with E-state index in [-0.39, 0.29) is 0 Å². The normalized spacial score (nSPS) is 17.8. The smallest absolute Gasteiger partial charge is 0.341 e. The molecule has 0 radical (unpaired) electrons. The maximum atomic E-state index is 13.1. The minimum absolute atomic E-state index is 0.318. The molecule has 0 atom stereocenters. The van der Waals surface area contributed by atoms with Gasteiger partial charge in [-0.15, -0.1) is 0 Å². The molecule has 1 saturated heterocycles. The van der Waals surface area contributed by atoms with Gasteiger partial charge in [0.15, 0.2) is 11.5 Å². The van der Waals surface area contributed by atoms with Gasteiger partial charge >= 0.3 is 6.18 Å². The molecule has 0 bridgehead atoms. The predicted molar refractivity (Wildman–Crippen MR) is 94.6 cm³/mol. The van der Waals surface area contributed by atoms with Crippen LogP contribution in [0.3, 0.4) is 0 Å². The van der Waals surface area contributed by atoms with Crippen molar-refractivity contribution in [2.75, 3.05) is 18.0 Å². The summed E-state index contributed by atoms with van der Waals surface area (Å²) in [6, 6.07) is 5.21. The van der Waals surface area contributed by atoms with E-state index < -0.39 is 11.7 Å². The van der Waals surface area contributed by atoms with Gasteiger partial charge in [-0.1, -0.05) is 12.1 Å². The molecule has 5 nitrogen and oxygen atoms in total. The molecule has 5 rings (SSSR count). The van der Waals surface area contributed by atoms with Crippen LogP contribution in [0.2, 0.25) is 0 Å². The molecule has 3 heterocycles. The number of benzene rings is 1. The van der Waals surface area contributed by atoms with Crippen molar-refractivity contribution in [1.29, 1.82) is 0 Å². The topological polar surface area (TPSA) is 46.3 Å². The number of nitrogens with zero attached hydrogens (tertiary/aromatic N) is 5. The summed E-state index contributed by atoms with van der Waals surface area (Å²) in [6.07, 6.45) is 1.78. The Hall–Kier alpha value is -2.64. The van der Waals surface area contributed by atoms with E-state index in [1.807, 2.05) is 6.20 Å². The zero-order chi connectivity index (χ0) is 18.6. The number of anilines is 1. The van der Waals surface area contributed by atoms with Gasteiger partial charge in [-0.05, 0) is 43.7 Å². The number of halogens is 3. The highest BCUT2D eigenvalue weighted by molar-refractivity contribution is 5.64. The Labute approximate surface area is 153 Å². The van der Waals surface area contributed by atoms with Gasteiger partial charge in [0, 0.05) is 24.2 Å². The third kappa shape index (κ3) is 2.93. The summed E-state index contributed by atoms with van der Waals surface area (Å²) in [5, 5.41) is 4.49. The van der Waals surface area contributed by atoms with Crippen LogP contribution in [-0.2, 0) is 6.18 Å². The van der Waals surface area contributed by atoms with Crippen LogP contribution in [-0.4, -0.2) is 32.7 Å². The average molecular weight is 373 g/mol. The van der Waals surface area contributed by atoms with Gasteiger partial charge in [-0.3, -0.25) is 0 Å². The average Bonchev–Trinajstić information content (AvgIpc) is 3.18. The highest BCUT2D eigenvalue weighted by atomic mass is 19.4. The zero-order valence-electron chi connectivity index (χ0n) is 14.6. The van der Waals surface area contributed by atoms with E-state index in [1.165, 1.54) is 6.07 Å². The van der Waals surface area contributed by atoms with Gasteiger partial charge in [-0.25, -0.2) is 4.98 Å². The molecule has 27 heavy (non-hydrogen) atoms. The molecule has 1 aliphatic heterocycles. The molecule has 0 spiro atoms. The Morgan fingerprint density at radius 3 is 2.52 bits per heavy atom. The lowest BCUT2D eigenvalue weighted by Gasteiger charge is -2.18. The minimum Gasteiger partial charge on any atom is -0.341 e. The van der Waals surface area contributed by atoms with E-state index in [0.717, 1.165) is 56.5 Å². The molecule has 0 amide bonds. The quantitative estimate of drug-likeness (QED) is 0.687. The van der Waals surface area contributed by atoms with Crippen LogP contribution in [0.4, 0.5) is 19.1 Å². The second-order valence-corrected chi connectivity index (χ2v) is 7.23. The van der Waals surface area contributed by atoms with Crippen LogP contribution in [0.1, 0.15) is 42.7 Å². The minimum atomic E-state index is -4.40. The molecule has 3 aromatic rings. The van der Waals surface area contributed by atoms with Crippen LogP contribution in [0.5, 0.6) is 0 Å². The molecular formula is C19H18F3N5. The Kier molecular flexibility index (Phi) is 3.63. The largest absolute Gasteiger partial charge is 0.416 e. The van der Waals surface area contributed by atoms with E-state index >= 15 is 0 Å². The predicted octanol–water partition coefficient (Wildman–Crippen LogP) is 4.29. The van der Waals surface area contributed by atoms with Crippen LogP contribution in [0, 0.1) is 0 Å². The van der Waals surface area contributed by atoms with Crippen molar-refractivity contribution in [3.63, 3.8) is 0 Å². The van der Waals surface area contributed by atoms with Crippen molar-refractivity contribution in [3.8, 4) is 11.4 Å². The fraction of sp³-hybridized carbons (Fsp3) is 0.421. The Morgan fingerprint density at radius 2 is 1.81 bits per heavy atom. The van der Waals surface area contributed by atoms with E-state index in [2.05, 4.69) is 20.0 Å². The summed E-state index contributed by atoms with van der Waals surface area (Å²) in [4.78, 5) is 11.4. The first-order chi connectivity index (χ1) is 13.0. The van der Waals surface area contributed by atoms with Crippen LogP contribution < -0.4 is 4.90 Å². The summed E-state index contributed by atoms with van der Waals surface area (Å²) in [5.74, 6) is 1.42. The first kappa shape index (κ1) is 16.5. The third-order valence-corrected chi connectivity index (χ3v) is 5.23. The maximum absolute atomic E-state index is 13.1. The molecular weight excluding hydrogens is 355 g/mol. The molecule has 2 aliphatic rings. The van der Waals surface area contributed by atoms with Crippen LogP contribution >= 0.6 is 0 Å². The molecule has 2 fully saturated rings. The molecule has 0 N–H and O–H groups in total. The highest BCUT2D eigenvalue weighted by Crippen LogP contribution is 2.42. The zero-order valence-corrected chi connectivity index (χ0v) is 14.6. The summed E-state index contributed by atoms with van der Waals surface area (Å²) in [5.41, 5.74) is 1.45. The van der Waals surface area contributed by atoms with E-state index in [0.29, 0.717) is 28.9 Å². The number of hydrogen-bond acceptors (Lipinski definition) is 4. The molecule has 1 aromatic carbocycles. The monoisotopic (exact) mass is 373 g/mol. The van der Waals surface area contributed by atoms with Crippen LogP contribution in [0.25, 0.3) is 17.0 Å². The number of rotatable bonds is 3. The van der Waals surface area contributed by atoms with E-state index in [4.69, 9.17) is 0 Å². The Bertz CT molecular complexity index is 1000. The molecule has 2 aromatic heterocycles. The summed E-state index contributed by atoms with van der Waals surface area (Å²) < 4.78 is 41.1. The summed E-state index contributed by atoms with van der Waals surface area (Å²) in [6.45, 7) is 1.74. The van der Waals surface area contributed by atoms with Gasteiger partial charge in [0.2, 0.25) is 5.95 Å². The first-order valence-electron chi connectivity index (χ1n) is 9.19. The van der Waals surface area contributed by atoms with E-state index in [9.17, 15) is 13.2 Å². The summed E-state index contributed by atoms with van der Waals surface area (Å²) in [7, 11) is 0. The molecule has 1 aliphatic carbocycles. The van der Waals surface area contributed by atoms with Gasteiger partial charge in [0.25, 0.3) is 0 Å². The Morgan fingerprint density at radius 1 is 1.04 bits per heavy atom. The van der Waals surface area contributed by atoms with Gasteiger partial charge in [0.1, 0.15) is 0 Å². The Balaban J connectivity index is 1.69. The lowest BCUT2D eigenvalue weighted by atomic mass is 10.1. The second kappa shape index (κ2) is 5.94. The van der Waals surface area contributed by atoms with Crippen LogP contribution in [0.15, 0.2) is 30.5 Å². The fourth-order valence-electron chi connectivity index (χ4n) is 3.65. The van der Waals surface area contributed by atoms with Gasteiger partial charge in [-0.2, -0.15) is 27.8 Å². The molecule has 1 saturated carbocycles. The lowest BCUT2D eigenvalue weighted by Crippen LogP contribution is -2.23. The standard InChI is InChI=1S/C19H18F3N5/c20-19(21,22)14-5-3-4-13(10-14)16-24-17-15(12-6-7-12)11-23-27(17)18(25-16)26-8-1-2-9-26/h3-5,10-12H,1-2,6-9H2. The number of hydrogen-bond donors (Lipinski definition) is 0. The second-order valence-electron chi connectivity index (χ2n) is 7.23. The van der Waals surface area contributed by atoms with Crippen molar-refractivity contribution >= 4 is 11.6 Å². The van der Waals surface area contributed by atoms with Crippen molar-refractivity contribution in [2.24, 2.45) is 0 Å². The molecule has 0 unspecified atom stereocenters. The van der Waals surface area contributed by atoms with Gasteiger partial charge < -0.3 is 4.90 Å². The van der Waals surface area contributed by atoms with Gasteiger partial charge in [0.05, 0.1) is 11.8 Å². The number of alkyl halides is 3. The number of fused-ring (bicyclic) bond motifs is 1. The fourth-order valence-corrected chi connectivity index (χ4v) is 3.65. The van der Waals surface area contributed by atoms with Crippen molar-refractivity contribution in [1.82, 2.24) is 19.6 Å². The van der Waals surface area contributed by atoms with Crippen molar-refractivity contribution < 1.29 is 13.2 Å². The van der Waals surface area contributed by atoms with Crippen molar-refractivity contribution in [2.45, 2.75) is 37.8 Å². The first-order valence-corrected chi connectivity index (χ1v) is 9.19.